The summed E-state index contributed by atoms with van der Waals surface area (Å²) in [5, 5.41) is 22.6. The number of rotatable bonds is 11. The third-order valence-electron chi connectivity index (χ3n) is 6.02. The van der Waals surface area contributed by atoms with Gasteiger partial charge in [-0.25, -0.2) is 0 Å². The van der Waals surface area contributed by atoms with Gasteiger partial charge in [-0.3, -0.25) is 0 Å². The van der Waals surface area contributed by atoms with E-state index in [1.165, 1.54) is 0 Å². The van der Waals surface area contributed by atoms with Crippen molar-refractivity contribution in [2.45, 2.75) is 31.1 Å². The summed E-state index contributed by atoms with van der Waals surface area (Å²) in [6, 6.07) is 23.3. The number of ether oxygens (including phenoxy) is 3. The van der Waals surface area contributed by atoms with Gasteiger partial charge in [-0.1, -0.05) is 49.4 Å². The van der Waals surface area contributed by atoms with E-state index < -0.39 is 17.7 Å². The SMILES string of the molecule is COc1ccc(C(O)(CC(C)C(N)[C@@H](O)COc2ccccc2)c2ccc(OC)cc2)cc1. The van der Waals surface area contributed by atoms with Crippen molar-refractivity contribution in [1.29, 1.82) is 0 Å². The maximum absolute atomic E-state index is 11.9. The molecule has 0 amide bonds. The van der Waals surface area contributed by atoms with Gasteiger partial charge in [0.1, 0.15) is 35.6 Å². The van der Waals surface area contributed by atoms with Crippen LogP contribution in [0.15, 0.2) is 78.9 Å². The zero-order valence-electron chi connectivity index (χ0n) is 19.3. The molecule has 0 saturated carbocycles. The molecular weight excluding hydrogens is 418 g/mol. The van der Waals surface area contributed by atoms with Gasteiger partial charge in [-0.05, 0) is 59.9 Å². The van der Waals surface area contributed by atoms with Gasteiger partial charge in [0.15, 0.2) is 0 Å². The van der Waals surface area contributed by atoms with Crippen molar-refractivity contribution in [1.82, 2.24) is 0 Å². The molecule has 3 aromatic carbocycles. The van der Waals surface area contributed by atoms with E-state index in [-0.39, 0.29) is 12.5 Å². The molecular formula is C27H33NO5. The predicted octanol–water partition coefficient (Wildman–Crippen LogP) is 3.73. The Morgan fingerprint density at radius 2 is 1.27 bits per heavy atom. The lowest BCUT2D eigenvalue weighted by Crippen LogP contribution is -2.46. The van der Waals surface area contributed by atoms with E-state index in [0.29, 0.717) is 34.8 Å². The fraction of sp³-hybridized carbons (Fsp3) is 0.333. The highest BCUT2D eigenvalue weighted by molar-refractivity contribution is 5.41. The average molecular weight is 452 g/mol. The number of benzene rings is 3. The summed E-state index contributed by atoms with van der Waals surface area (Å²) < 4.78 is 16.2. The highest BCUT2D eigenvalue weighted by Crippen LogP contribution is 2.38. The molecule has 3 rings (SSSR count). The van der Waals surface area contributed by atoms with E-state index in [9.17, 15) is 10.2 Å². The second kappa shape index (κ2) is 11.2. The van der Waals surface area contributed by atoms with Crippen molar-refractivity contribution in [3.63, 3.8) is 0 Å². The van der Waals surface area contributed by atoms with Crippen LogP contribution in [0.2, 0.25) is 0 Å². The second-order valence-corrected chi connectivity index (χ2v) is 8.27. The Morgan fingerprint density at radius 3 is 1.73 bits per heavy atom. The lowest BCUT2D eigenvalue weighted by molar-refractivity contribution is 0.0235. The number of methoxy groups -OCH3 is 2. The molecule has 0 aliphatic heterocycles. The quantitative estimate of drug-likeness (QED) is 0.411. The molecule has 33 heavy (non-hydrogen) atoms. The Labute approximate surface area is 195 Å². The van der Waals surface area contributed by atoms with Crippen LogP contribution in [0.5, 0.6) is 17.2 Å². The van der Waals surface area contributed by atoms with Crippen LogP contribution in [0.3, 0.4) is 0 Å². The summed E-state index contributed by atoms with van der Waals surface area (Å²) in [6.07, 6.45) is -0.592. The van der Waals surface area contributed by atoms with Gasteiger partial charge in [0.2, 0.25) is 0 Å². The van der Waals surface area contributed by atoms with Crippen molar-refractivity contribution in [2.24, 2.45) is 11.7 Å². The van der Waals surface area contributed by atoms with Crippen LogP contribution in [-0.4, -0.2) is 43.2 Å². The third kappa shape index (κ3) is 6.05. The Morgan fingerprint density at radius 1 is 0.788 bits per heavy atom. The van der Waals surface area contributed by atoms with Gasteiger partial charge in [-0.2, -0.15) is 0 Å². The van der Waals surface area contributed by atoms with E-state index in [0.717, 1.165) is 0 Å². The van der Waals surface area contributed by atoms with E-state index >= 15 is 0 Å². The molecule has 0 aliphatic rings. The van der Waals surface area contributed by atoms with Gasteiger partial charge < -0.3 is 30.2 Å². The fourth-order valence-corrected chi connectivity index (χ4v) is 3.93. The van der Waals surface area contributed by atoms with Crippen LogP contribution < -0.4 is 19.9 Å². The summed E-state index contributed by atoms with van der Waals surface area (Å²) in [4.78, 5) is 0. The topological polar surface area (TPSA) is 94.2 Å². The molecule has 0 fully saturated rings. The van der Waals surface area contributed by atoms with E-state index in [1.807, 2.05) is 85.8 Å². The molecule has 0 bridgehead atoms. The number of aliphatic hydroxyl groups excluding tert-OH is 1. The first-order valence-corrected chi connectivity index (χ1v) is 11.0. The smallest absolute Gasteiger partial charge is 0.119 e. The molecule has 0 aliphatic carbocycles. The molecule has 0 aromatic heterocycles. The molecule has 0 saturated heterocycles. The molecule has 2 unspecified atom stereocenters. The summed E-state index contributed by atoms with van der Waals surface area (Å²) in [6.45, 7) is 1.99. The maximum atomic E-state index is 11.9. The molecule has 176 valence electrons. The lowest BCUT2D eigenvalue weighted by Gasteiger charge is -2.35. The number of aliphatic hydroxyl groups is 2. The second-order valence-electron chi connectivity index (χ2n) is 8.27. The van der Waals surface area contributed by atoms with Crippen LogP contribution in [0.1, 0.15) is 24.5 Å². The Balaban J connectivity index is 1.80. The Bertz CT molecular complexity index is 928. The lowest BCUT2D eigenvalue weighted by atomic mass is 9.77. The Hall–Kier alpha value is -3.06. The van der Waals surface area contributed by atoms with Gasteiger partial charge >= 0.3 is 0 Å². The van der Waals surface area contributed by atoms with Gasteiger partial charge in [0.05, 0.1) is 14.2 Å². The molecule has 3 aromatic rings. The van der Waals surface area contributed by atoms with Crippen LogP contribution in [0.25, 0.3) is 0 Å². The first-order valence-electron chi connectivity index (χ1n) is 11.0. The molecule has 0 heterocycles. The number of nitrogens with two attached hydrogens (primary N) is 1. The molecule has 3 atom stereocenters. The molecule has 4 N–H and O–H groups in total. The van der Waals surface area contributed by atoms with E-state index in [4.69, 9.17) is 19.9 Å². The number of para-hydroxylation sites is 1. The van der Waals surface area contributed by atoms with Crippen molar-refractivity contribution >= 4 is 0 Å². The highest BCUT2D eigenvalue weighted by atomic mass is 16.5. The fourth-order valence-electron chi connectivity index (χ4n) is 3.93. The van der Waals surface area contributed by atoms with Crippen molar-refractivity contribution in [2.75, 3.05) is 20.8 Å². The largest absolute Gasteiger partial charge is 0.497 e. The zero-order chi connectivity index (χ0) is 23.8. The Kier molecular flexibility index (Phi) is 8.33. The summed E-state index contributed by atoms with van der Waals surface area (Å²) in [7, 11) is 3.20. The summed E-state index contributed by atoms with van der Waals surface area (Å²) in [5.41, 5.74) is 6.50. The monoisotopic (exact) mass is 451 g/mol. The van der Waals surface area contributed by atoms with Gasteiger partial charge in [0.25, 0.3) is 0 Å². The molecule has 6 heteroatoms. The van der Waals surface area contributed by atoms with E-state index in [1.54, 1.807) is 14.2 Å². The number of hydrogen-bond donors (Lipinski definition) is 3. The molecule has 0 radical (unpaired) electrons. The molecule has 6 nitrogen and oxygen atoms in total. The average Bonchev–Trinajstić information content (AvgIpc) is 2.87. The van der Waals surface area contributed by atoms with Crippen molar-refractivity contribution in [3.8, 4) is 17.2 Å². The summed E-state index contributed by atoms with van der Waals surface area (Å²) >= 11 is 0. The minimum absolute atomic E-state index is 0.0685. The van der Waals surface area contributed by atoms with Gasteiger partial charge in [0, 0.05) is 6.04 Å². The van der Waals surface area contributed by atoms with Crippen LogP contribution in [0.4, 0.5) is 0 Å². The van der Waals surface area contributed by atoms with Crippen LogP contribution in [0, 0.1) is 5.92 Å². The standard InChI is InChI=1S/C27H33NO5/c1-19(26(28)25(29)18-33-24-7-5-4-6-8-24)17-27(30,20-9-13-22(31-2)14-10-20)21-11-15-23(32-3)16-12-21/h4-16,19,25-26,29-30H,17-18,28H2,1-3H3/t19?,25-,26?/m0/s1. The van der Waals surface area contributed by atoms with Crippen molar-refractivity contribution < 1.29 is 24.4 Å². The zero-order valence-corrected chi connectivity index (χ0v) is 19.3. The minimum atomic E-state index is -1.32. The minimum Gasteiger partial charge on any atom is -0.497 e. The van der Waals surface area contributed by atoms with Crippen molar-refractivity contribution in [3.05, 3.63) is 90.0 Å². The van der Waals surface area contributed by atoms with Crippen LogP contribution >= 0.6 is 0 Å². The predicted molar refractivity (Wildman–Crippen MR) is 129 cm³/mol. The summed E-state index contributed by atoms with van der Waals surface area (Å²) in [5.74, 6) is 1.85. The first-order chi connectivity index (χ1) is 15.9. The molecule has 0 spiro atoms. The van der Waals surface area contributed by atoms with E-state index in [2.05, 4.69) is 0 Å². The van der Waals surface area contributed by atoms with Crippen LogP contribution in [-0.2, 0) is 5.60 Å². The highest BCUT2D eigenvalue weighted by Gasteiger charge is 2.36. The number of hydrogen-bond acceptors (Lipinski definition) is 6. The maximum Gasteiger partial charge on any atom is 0.119 e. The normalized spacial score (nSPS) is 14.2. The first kappa shape index (κ1) is 24.6. The third-order valence-corrected chi connectivity index (χ3v) is 6.02. The van der Waals surface area contributed by atoms with Gasteiger partial charge in [-0.15, -0.1) is 0 Å².